The van der Waals surface area contributed by atoms with Crippen molar-refractivity contribution in [2.45, 2.75) is 19.8 Å². The number of rotatable bonds is 5. The Bertz CT molecular complexity index is 818. The van der Waals surface area contributed by atoms with Crippen LogP contribution >= 0.6 is 11.3 Å². The zero-order valence-corrected chi connectivity index (χ0v) is 13.2. The predicted molar refractivity (Wildman–Crippen MR) is 85.8 cm³/mol. The monoisotopic (exact) mass is 316 g/mol. The van der Waals surface area contributed by atoms with Gasteiger partial charge in [-0.05, 0) is 36.2 Å². The molecule has 0 radical (unpaired) electrons. The number of methoxy groups -OCH3 is 1. The van der Waals surface area contributed by atoms with Crippen LogP contribution in [-0.2, 0) is 17.6 Å². The number of benzene rings is 1. The van der Waals surface area contributed by atoms with E-state index in [1.165, 1.54) is 4.88 Å². The Hall–Kier alpha value is -2.34. The molecule has 1 N–H and O–H groups in total. The number of fused-ring (bicyclic) bond motifs is 1. The Morgan fingerprint density at radius 1 is 1.36 bits per heavy atom. The SMILES string of the molecule is CCc1sc2nc(CC(=O)O)cn2c1-c1ccc(OC)cc1. The number of imidazole rings is 1. The lowest BCUT2D eigenvalue weighted by atomic mass is 10.1. The number of nitrogens with zero attached hydrogens (tertiary/aromatic N) is 2. The lowest BCUT2D eigenvalue weighted by Crippen LogP contribution is -1.99. The number of carboxylic acids is 1. The van der Waals surface area contributed by atoms with Gasteiger partial charge in [-0.25, -0.2) is 4.98 Å². The van der Waals surface area contributed by atoms with Gasteiger partial charge in [0.05, 0.1) is 24.9 Å². The molecule has 0 bridgehead atoms. The minimum Gasteiger partial charge on any atom is -0.497 e. The summed E-state index contributed by atoms with van der Waals surface area (Å²) in [4.78, 5) is 17.3. The van der Waals surface area contributed by atoms with Gasteiger partial charge in [-0.15, -0.1) is 11.3 Å². The Morgan fingerprint density at radius 3 is 2.68 bits per heavy atom. The normalized spacial score (nSPS) is 11.0. The molecular weight excluding hydrogens is 300 g/mol. The number of hydrogen-bond acceptors (Lipinski definition) is 4. The summed E-state index contributed by atoms with van der Waals surface area (Å²) in [5, 5.41) is 8.91. The molecule has 114 valence electrons. The summed E-state index contributed by atoms with van der Waals surface area (Å²) in [5.74, 6) is -0.0575. The number of ether oxygens (including phenoxy) is 1. The maximum absolute atomic E-state index is 10.9. The quantitative estimate of drug-likeness (QED) is 0.784. The molecule has 3 rings (SSSR count). The van der Waals surface area contributed by atoms with Gasteiger partial charge in [0.1, 0.15) is 5.75 Å². The van der Waals surface area contributed by atoms with Crippen LogP contribution in [0, 0.1) is 0 Å². The maximum Gasteiger partial charge on any atom is 0.309 e. The Kier molecular flexibility index (Phi) is 3.85. The van der Waals surface area contributed by atoms with Crippen molar-refractivity contribution in [2.24, 2.45) is 0 Å². The molecule has 0 aliphatic heterocycles. The summed E-state index contributed by atoms with van der Waals surface area (Å²) in [6.07, 6.45) is 2.67. The van der Waals surface area contributed by atoms with E-state index in [0.717, 1.165) is 28.4 Å². The highest BCUT2D eigenvalue weighted by Crippen LogP contribution is 2.33. The molecule has 0 aliphatic rings. The molecule has 0 amide bonds. The van der Waals surface area contributed by atoms with Crippen LogP contribution in [0.25, 0.3) is 16.2 Å². The van der Waals surface area contributed by atoms with Crippen LogP contribution in [0.1, 0.15) is 17.5 Å². The fourth-order valence-corrected chi connectivity index (χ4v) is 3.55. The molecule has 0 unspecified atom stereocenters. The van der Waals surface area contributed by atoms with Gasteiger partial charge in [0.2, 0.25) is 0 Å². The fourth-order valence-electron chi connectivity index (χ4n) is 2.46. The molecule has 22 heavy (non-hydrogen) atoms. The van der Waals surface area contributed by atoms with Crippen LogP contribution in [-0.4, -0.2) is 27.6 Å². The second-order valence-electron chi connectivity index (χ2n) is 4.91. The number of aryl methyl sites for hydroxylation is 1. The molecule has 5 nitrogen and oxygen atoms in total. The number of carbonyl (C=O) groups is 1. The van der Waals surface area contributed by atoms with Crippen molar-refractivity contribution in [3.8, 4) is 17.0 Å². The number of thiazole rings is 1. The van der Waals surface area contributed by atoms with E-state index in [0.29, 0.717) is 5.69 Å². The molecule has 6 heteroatoms. The molecule has 3 aromatic rings. The molecule has 1 aromatic carbocycles. The summed E-state index contributed by atoms with van der Waals surface area (Å²) in [5.41, 5.74) is 2.73. The van der Waals surface area contributed by atoms with E-state index < -0.39 is 5.97 Å². The van der Waals surface area contributed by atoms with Gasteiger partial charge in [-0.3, -0.25) is 9.20 Å². The minimum atomic E-state index is -0.868. The van der Waals surface area contributed by atoms with E-state index in [1.54, 1.807) is 18.4 Å². The third-order valence-corrected chi connectivity index (χ3v) is 4.66. The van der Waals surface area contributed by atoms with Crippen molar-refractivity contribution in [2.75, 3.05) is 7.11 Å². The second kappa shape index (κ2) is 5.81. The van der Waals surface area contributed by atoms with Gasteiger partial charge in [-0.2, -0.15) is 0 Å². The van der Waals surface area contributed by atoms with E-state index >= 15 is 0 Å². The Labute approximate surface area is 131 Å². The second-order valence-corrected chi connectivity index (χ2v) is 5.97. The molecule has 2 aromatic heterocycles. The first-order chi connectivity index (χ1) is 10.6. The van der Waals surface area contributed by atoms with Crippen molar-refractivity contribution in [3.63, 3.8) is 0 Å². The van der Waals surface area contributed by atoms with Crippen LogP contribution in [0.3, 0.4) is 0 Å². The lowest BCUT2D eigenvalue weighted by Gasteiger charge is -2.05. The fraction of sp³-hybridized carbons (Fsp3) is 0.250. The number of aliphatic carboxylic acids is 1. The predicted octanol–water partition coefficient (Wildman–Crippen LogP) is 3.26. The summed E-state index contributed by atoms with van der Waals surface area (Å²) in [6.45, 7) is 2.11. The van der Waals surface area contributed by atoms with E-state index in [9.17, 15) is 4.79 Å². The van der Waals surface area contributed by atoms with E-state index in [1.807, 2.05) is 34.9 Å². The summed E-state index contributed by atoms with van der Waals surface area (Å²) >= 11 is 1.60. The van der Waals surface area contributed by atoms with Crippen molar-refractivity contribution in [1.29, 1.82) is 0 Å². The largest absolute Gasteiger partial charge is 0.497 e. The van der Waals surface area contributed by atoms with Crippen LogP contribution in [0.4, 0.5) is 0 Å². The highest BCUT2D eigenvalue weighted by molar-refractivity contribution is 7.17. The molecule has 0 spiro atoms. The van der Waals surface area contributed by atoms with Gasteiger partial charge in [0.25, 0.3) is 0 Å². The van der Waals surface area contributed by atoms with Gasteiger partial charge in [0, 0.05) is 11.1 Å². The third-order valence-electron chi connectivity index (χ3n) is 3.46. The van der Waals surface area contributed by atoms with Gasteiger partial charge in [-0.1, -0.05) is 6.92 Å². The molecule has 0 saturated heterocycles. The van der Waals surface area contributed by atoms with Crippen molar-refractivity contribution >= 4 is 22.3 Å². The van der Waals surface area contributed by atoms with Crippen molar-refractivity contribution in [3.05, 3.63) is 41.0 Å². The maximum atomic E-state index is 10.9. The topological polar surface area (TPSA) is 63.8 Å². The first kappa shape index (κ1) is 14.6. The smallest absolute Gasteiger partial charge is 0.309 e. The van der Waals surface area contributed by atoms with E-state index in [-0.39, 0.29) is 6.42 Å². The lowest BCUT2D eigenvalue weighted by molar-refractivity contribution is -0.136. The Balaban J connectivity index is 2.11. The van der Waals surface area contributed by atoms with Crippen LogP contribution in [0.5, 0.6) is 5.75 Å². The highest BCUT2D eigenvalue weighted by atomic mass is 32.1. The average Bonchev–Trinajstić information content (AvgIpc) is 3.03. The van der Waals surface area contributed by atoms with Crippen molar-refractivity contribution < 1.29 is 14.6 Å². The van der Waals surface area contributed by atoms with E-state index in [2.05, 4.69) is 11.9 Å². The van der Waals surface area contributed by atoms with Gasteiger partial charge in [0.15, 0.2) is 4.96 Å². The number of carboxylic acid groups (broad SMARTS) is 1. The zero-order valence-electron chi connectivity index (χ0n) is 12.4. The van der Waals surface area contributed by atoms with Gasteiger partial charge < -0.3 is 9.84 Å². The molecule has 0 fully saturated rings. The molecule has 0 atom stereocenters. The molecule has 2 heterocycles. The van der Waals surface area contributed by atoms with Crippen LogP contribution in [0.2, 0.25) is 0 Å². The zero-order chi connectivity index (χ0) is 15.7. The minimum absolute atomic E-state index is 0.0576. The average molecular weight is 316 g/mol. The number of hydrogen-bond donors (Lipinski definition) is 1. The first-order valence-electron chi connectivity index (χ1n) is 6.98. The van der Waals surface area contributed by atoms with Crippen LogP contribution in [0.15, 0.2) is 30.5 Å². The van der Waals surface area contributed by atoms with E-state index in [4.69, 9.17) is 9.84 Å². The molecule has 0 saturated carbocycles. The summed E-state index contributed by atoms with van der Waals surface area (Å²) in [6, 6.07) is 7.87. The molecule has 0 aliphatic carbocycles. The highest BCUT2D eigenvalue weighted by Gasteiger charge is 2.16. The number of aromatic nitrogens is 2. The molecular formula is C16H16N2O3S. The van der Waals surface area contributed by atoms with Crippen molar-refractivity contribution in [1.82, 2.24) is 9.38 Å². The third kappa shape index (κ3) is 2.57. The van der Waals surface area contributed by atoms with Crippen LogP contribution < -0.4 is 4.74 Å². The van der Waals surface area contributed by atoms with Gasteiger partial charge >= 0.3 is 5.97 Å². The Morgan fingerprint density at radius 2 is 2.09 bits per heavy atom. The first-order valence-corrected chi connectivity index (χ1v) is 7.80. The summed E-state index contributed by atoms with van der Waals surface area (Å²) in [7, 11) is 1.64. The standard InChI is InChI=1S/C16H16N2O3S/c1-3-13-15(10-4-6-12(21-2)7-5-10)18-9-11(8-14(19)20)17-16(18)22-13/h4-7,9H,3,8H2,1-2H3,(H,19,20). The summed E-state index contributed by atoms with van der Waals surface area (Å²) < 4.78 is 7.19.